The summed E-state index contributed by atoms with van der Waals surface area (Å²) in [5, 5.41) is 4.34. The van der Waals surface area contributed by atoms with Crippen molar-refractivity contribution in [1.29, 1.82) is 0 Å². The highest BCUT2D eigenvalue weighted by Crippen LogP contribution is 2.26. The number of hydrogen-bond acceptors (Lipinski definition) is 5. The topological polar surface area (TPSA) is 79.4 Å². The molecule has 0 spiro atoms. The Labute approximate surface area is 145 Å². The molecule has 1 aliphatic rings. The lowest BCUT2D eigenvalue weighted by molar-refractivity contribution is -0.144. The van der Waals surface area contributed by atoms with Crippen molar-refractivity contribution in [3.05, 3.63) is 35.2 Å². The number of carbonyl (C=O) groups is 3. The molecule has 0 bridgehead atoms. The van der Waals surface area contributed by atoms with Crippen LogP contribution in [0.1, 0.15) is 19.8 Å². The monoisotopic (exact) mass is 365 g/mol. The number of aromatic nitrogens is 1. The third-order valence-electron chi connectivity index (χ3n) is 3.81. The molecular weight excluding hydrogens is 352 g/mol. The van der Waals surface area contributed by atoms with E-state index in [1.165, 1.54) is 13.0 Å². The van der Waals surface area contributed by atoms with Gasteiger partial charge in [-0.2, -0.15) is 0 Å². The van der Waals surface area contributed by atoms with Crippen molar-refractivity contribution >= 4 is 34.2 Å². The van der Waals surface area contributed by atoms with Gasteiger partial charge < -0.3 is 5.32 Å². The molecular formula is C16H13F2N3O3S. The van der Waals surface area contributed by atoms with Gasteiger partial charge in [0, 0.05) is 23.8 Å². The number of rotatable bonds is 4. The number of thiazole rings is 1. The molecule has 3 rings (SSSR count). The lowest BCUT2D eigenvalue weighted by Crippen LogP contribution is -2.44. The molecule has 2 aromatic rings. The first-order valence-electron chi connectivity index (χ1n) is 7.43. The summed E-state index contributed by atoms with van der Waals surface area (Å²) in [5.74, 6) is -3.25. The molecule has 2 heterocycles. The van der Waals surface area contributed by atoms with E-state index in [0.717, 1.165) is 28.4 Å². The van der Waals surface area contributed by atoms with Crippen LogP contribution in [0.3, 0.4) is 0 Å². The van der Waals surface area contributed by atoms with Gasteiger partial charge in [0.05, 0.1) is 5.69 Å². The SMILES string of the molecule is CC(C(=O)Nc1nc(-c2ccc(F)c(F)c2)cs1)N1C(=O)CCC1=O. The maximum Gasteiger partial charge on any atom is 0.249 e. The summed E-state index contributed by atoms with van der Waals surface area (Å²) in [6.07, 6.45) is 0.210. The number of imide groups is 1. The molecule has 1 N–H and O–H groups in total. The van der Waals surface area contributed by atoms with Crippen LogP contribution in [0.2, 0.25) is 0 Å². The summed E-state index contributed by atoms with van der Waals surface area (Å²) in [4.78, 5) is 40.7. The molecule has 130 valence electrons. The highest BCUT2D eigenvalue weighted by molar-refractivity contribution is 7.14. The first kappa shape index (κ1) is 17.2. The molecule has 0 saturated carbocycles. The second kappa shape index (κ2) is 6.67. The molecule has 0 radical (unpaired) electrons. The zero-order valence-corrected chi connectivity index (χ0v) is 13.9. The van der Waals surface area contributed by atoms with Crippen LogP contribution in [0.15, 0.2) is 23.6 Å². The zero-order chi connectivity index (χ0) is 18.1. The molecule has 25 heavy (non-hydrogen) atoms. The second-order valence-corrected chi connectivity index (χ2v) is 6.35. The maximum atomic E-state index is 13.3. The molecule has 1 fully saturated rings. The van der Waals surface area contributed by atoms with Crippen LogP contribution < -0.4 is 5.32 Å². The zero-order valence-electron chi connectivity index (χ0n) is 13.1. The lowest BCUT2D eigenvalue weighted by Gasteiger charge is -2.20. The van der Waals surface area contributed by atoms with Crippen LogP contribution >= 0.6 is 11.3 Å². The normalized spacial score (nSPS) is 15.6. The van der Waals surface area contributed by atoms with E-state index >= 15 is 0 Å². The van der Waals surface area contributed by atoms with Crippen LogP contribution in [-0.2, 0) is 14.4 Å². The Balaban J connectivity index is 1.72. The quantitative estimate of drug-likeness (QED) is 0.845. The summed E-state index contributed by atoms with van der Waals surface area (Å²) in [5.41, 5.74) is 0.744. The highest BCUT2D eigenvalue weighted by atomic mass is 32.1. The predicted octanol–water partition coefficient (Wildman–Crippen LogP) is 2.56. The molecule has 1 unspecified atom stereocenters. The van der Waals surface area contributed by atoms with Crippen LogP contribution in [0.25, 0.3) is 11.3 Å². The Morgan fingerprint density at radius 1 is 1.24 bits per heavy atom. The second-order valence-electron chi connectivity index (χ2n) is 5.49. The third kappa shape index (κ3) is 3.41. The fourth-order valence-electron chi connectivity index (χ4n) is 2.47. The fraction of sp³-hybridized carbons (Fsp3) is 0.250. The average Bonchev–Trinajstić information content (AvgIpc) is 3.16. The van der Waals surface area contributed by atoms with Crippen molar-refractivity contribution in [3.63, 3.8) is 0 Å². The molecule has 1 saturated heterocycles. The van der Waals surface area contributed by atoms with Gasteiger partial charge in [0.25, 0.3) is 0 Å². The van der Waals surface area contributed by atoms with E-state index in [1.807, 2.05) is 0 Å². The van der Waals surface area contributed by atoms with E-state index in [-0.39, 0.29) is 29.8 Å². The lowest BCUT2D eigenvalue weighted by atomic mass is 10.2. The van der Waals surface area contributed by atoms with E-state index in [2.05, 4.69) is 10.3 Å². The van der Waals surface area contributed by atoms with Crippen LogP contribution in [0, 0.1) is 11.6 Å². The number of carbonyl (C=O) groups excluding carboxylic acids is 3. The summed E-state index contributed by atoms with van der Waals surface area (Å²) < 4.78 is 26.3. The highest BCUT2D eigenvalue weighted by Gasteiger charge is 2.36. The smallest absolute Gasteiger partial charge is 0.249 e. The standard InChI is InChI=1S/C16H13F2N3O3S/c1-8(21-13(22)4-5-14(21)23)15(24)20-16-19-12(7-25-16)9-2-3-10(17)11(18)6-9/h2-3,6-8H,4-5H2,1H3,(H,19,20,24). The number of nitrogens with zero attached hydrogens (tertiary/aromatic N) is 2. The summed E-state index contributed by atoms with van der Waals surface area (Å²) in [6.45, 7) is 1.46. The summed E-state index contributed by atoms with van der Waals surface area (Å²) >= 11 is 1.10. The summed E-state index contributed by atoms with van der Waals surface area (Å²) in [6, 6.07) is 2.44. The van der Waals surface area contributed by atoms with Crippen LogP contribution in [0.4, 0.5) is 13.9 Å². The fourth-order valence-corrected chi connectivity index (χ4v) is 3.19. The summed E-state index contributed by atoms with van der Waals surface area (Å²) in [7, 11) is 0. The molecule has 1 aliphatic heterocycles. The first-order valence-corrected chi connectivity index (χ1v) is 8.31. The van der Waals surface area contributed by atoms with Crippen molar-refractivity contribution < 1.29 is 23.2 Å². The predicted molar refractivity (Wildman–Crippen MR) is 86.6 cm³/mol. The van der Waals surface area contributed by atoms with Gasteiger partial charge in [0.1, 0.15) is 6.04 Å². The average molecular weight is 365 g/mol. The van der Waals surface area contributed by atoms with E-state index < -0.39 is 23.6 Å². The Bertz CT molecular complexity index is 852. The van der Waals surface area contributed by atoms with Gasteiger partial charge in [0.15, 0.2) is 16.8 Å². The number of anilines is 1. The van der Waals surface area contributed by atoms with Crippen molar-refractivity contribution in [2.45, 2.75) is 25.8 Å². The third-order valence-corrected chi connectivity index (χ3v) is 4.56. The molecule has 9 heteroatoms. The van der Waals surface area contributed by atoms with E-state index in [0.29, 0.717) is 11.3 Å². The molecule has 0 aliphatic carbocycles. The minimum Gasteiger partial charge on any atom is -0.300 e. The van der Waals surface area contributed by atoms with Crippen molar-refractivity contribution in [2.24, 2.45) is 0 Å². The Morgan fingerprint density at radius 3 is 2.56 bits per heavy atom. The van der Waals surface area contributed by atoms with Gasteiger partial charge in [-0.3, -0.25) is 19.3 Å². The van der Waals surface area contributed by atoms with Gasteiger partial charge in [-0.15, -0.1) is 11.3 Å². The van der Waals surface area contributed by atoms with E-state index in [9.17, 15) is 23.2 Å². The minimum atomic E-state index is -0.990. The van der Waals surface area contributed by atoms with Crippen molar-refractivity contribution in [3.8, 4) is 11.3 Å². The van der Waals surface area contributed by atoms with Crippen LogP contribution in [0.5, 0.6) is 0 Å². The van der Waals surface area contributed by atoms with Crippen LogP contribution in [-0.4, -0.2) is 33.6 Å². The number of hydrogen-bond donors (Lipinski definition) is 1. The van der Waals surface area contributed by atoms with E-state index in [1.54, 1.807) is 5.38 Å². The maximum absolute atomic E-state index is 13.3. The van der Waals surface area contributed by atoms with Gasteiger partial charge in [-0.25, -0.2) is 13.8 Å². The van der Waals surface area contributed by atoms with Gasteiger partial charge in [-0.05, 0) is 25.1 Å². The first-order chi connectivity index (χ1) is 11.9. The van der Waals surface area contributed by atoms with Gasteiger partial charge in [0.2, 0.25) is 17.7 Å². The van der Waals surface area contributed by atoms with Crippen molar-refractivity contribution in [2.75, 3.05) is 5.32 Å². The number of benzene rings is 1. The van der Waals surface area contributed by atoms with Gasteiger partial charge in [-0.1, -0.05) is 0 Å². The number of nitrogens with one attached hydrogen (secondary N) is 1. The van der Waals surface area contributed by atoms with E-state index in [4.69, 9.17) is 0 Å². The molecule has 3 amide bonds. The molecule has 6 nitrogen and oxygen atoms in total. The Morgan fingerprint density at radius 2 is 1.92 bits per heavy atom. The number of likely N-dealkylation sites (tertiary alicyclic amines) is 1. The Kier molecular flexibility index (Phi) is 4.58. The molecule has 1 aromatic heterocycles. The number of amides is 3. The van der Waals surface area contributed by atoms with Crippen molar-refractivity contribution in [1.82, 2.24) is 9.88 Å². The minimum absolute atomic E-state index is 0.105. The Hall–Kier alpha value is -2.68. The van der Waals surface area contributed by atoms with Gasteiger partial charge >= 0.3 is 0 Å². The number of halogens is 2. The largest absolute Gasteiger partial charge is 0.300 e. The molecule has 1 atom stereocenters. The molecule has 1 aromatic carbocycles.